The molecule has 1 aliphatic rings. The number of hydrogen-bond donors (Lipinski definition) is 1. The summed E-state index contributed by atoms with van der Waals surface area (Å²) in [6.07, 6.45) is 8.16. The van der Waals surface area contributed by atoms with Crippen LogP contribution in [-0.2, 0) is 0 Å². The van der Waals surface area contributed by atoms with Gasteiger partial charge < -0.3 is 10.6 Å². The Morgan fingerprint density at radius 2 is 1.68 bits per heavy atom. The molecule has 0 radical (unpaired) electrons. The van der Waals surface area contributed by atoms with Crippen molar-refractivity contribution in [2.24, 2.45) is 0 Å². The minimum atomic E-state index is 0.774. The average Bonchev–Trinajstić information content (AvgIpc) is 2.38. The first-order chi connectivity index (χ1) is 9.34. The molecule has 4 heteroatoms. The molecule has 1 aliphatic heterocycles. The van der Waals surface area contributed by atoms with E-state index in [4.69, 9.17) is 5.73 Å². The third-order valence-electron chi connectivity index (χ3n) is 3.79. The number of nitrogens with zero attached hydrogens (tertiary/aromatic N) is 3. The van der Waals surface area contributed by atoms with Crippen LogP contribution in [0.15, 0.2) is 24.5 Å². The molecule has 0 unspecified atom stereocenters. The summed E-state index contributed by atoms with van der Waals surface area (Å²) in [6.45, 7) is 2.17. The van der Waals surface area contributed by atoms with Crippen molar-refractivity contribution in [1.82, 2.24) is 9.97 Å². The topological polar surface area (TPSA) is 55.0 Å². The van der Waals surface area contributed by atoms with Crippen molar-refractivity contribution in [3.05, 3.63) is 24.5 Å². The Hall–Kier alpha value is -1.84. The van der Waals surface area contributed by atoms with Gasteiger partial charge in [0.15, 0.2) is 0 Å². The molecule has 0 spiro atoms. The van der Waals surface area contributed by atoms with Crippen LogP contribution in [0.3, 0.4) is 0 Å². The number of rotatable bonds is 1. The second-order valence-electron chi connectivity index (χ2n) is 5.23. The molecule has 19 heavy (non-hydrogen) atoms. The van der Waals surface area contributed by atoms with E-state index < -0.39 is 0 Å². The number of nitrogen functional groups attached to an aromatic ring is 1. The zero-order valence-electron chi connectivity index (χ0n) is 11.2. The first-order valence-corrected chi connectivity index (χ1v) is 7.10. The standard InChI is InChI=1S/C15H20N4/c16-12-6-7-14-13(10-12)15(18-11-17-14)19-8-4-2-1-3-5-9-19/h6-7,10-11H,1-5,8-9,16H2. The molecule has 4 nitrogen and oxygen atoms in total. The summed E-state index contributed by atoms with van der Waals surface area (Å²) in [7, 11) is 0. The van der Waals surface area contributed by atoms with Crippen LogP contribution in [-0.4, -0.2) is 23.1 Å². The lowest BCUT2D eigenvalue weighted by Gasteiger charge is -2.26. The van der Waals surface area contributed by atoms with Crippen molar-refractivity contribution in [3.63, 3.8) is 0 Å². The Bertz CT molecular complexity index is 559. The fraction of sp³-hybridized carbons (Fsp3) is 0.467. The highest BCUT2D eigenvalue weighted by atomic mass is 15.2. The quantitative estimate of drug-likeness (QED) is 0.797. The van der Waals surface area contributed by atoms with Gasteiger partial charge in [0, 0.05) is 24.2 Å². The molecule has 1 aromatic heterocycles. The van der Waals surface area contributed by atoms with Crippen LogP contribution in [0.25, 0.3) is 10.9 Å². The van der Waals surface area contributed by atoms with Gasteiger partial charge in [-0.25, -0.2) is 9.97 Å². The summed E-state index contributed by atoms with van der Waals surface area (Å²) in [5, 5.41) is 1.07. The molecule has 0 aliphatic carbocycles. The van der Waals surface area contributed by atoms with Gasteiger partial charge in [0.2, 0.25) is 0 Å². The van der Waals surface area contributed by atoms with E-state index in [0.717, 1.165) is 35.5 Å². The van der Waals surface area contributed by atoms with Crippen molar-refractivity contribution < 1.29 is 0 Å². The molecular weight excluding hydrogens is 236 g/mol. The summed E-state index contributed by atoms with van der Waals surface area (Å²) in [4.78, 5) is 11.2. The SMILES string of the molecule is Nc1ccc2ncnc(N3CCCCCCC3)c2c1. The number of anilines is 2. The second-order valence-corrected chi connectivity index (χ2v) is 5.23. The van der Waals surface area contributed by atoms with Gasteiger partial charge in [-0.05, 0) is 31.0 Å². The van der Waals surface area contributed by atoms with E-state index in [0.29, 0.717) is 0 Å². The van der Waals surface area contributed by atoms with E-state index in [1.54, 1.807) is 6.33 Å². The molecule has 100 valence electrons. The Balaban J connectivity index is 2.00. The van der Waals surface area contributed by atoms with E-state index in [-0.39, 0.29) is 0 Å². The minimum absolute atomic E-state index is 0.774. The summed E-state index contributed by atoms with van der Waals surface area (Å²) >= 11 is 0. The largest absolute Gasteiger partial charge is 0.399 e. The van der Waals surface area contributed by atoms with Crippen LogP contribution in [0.4, 0.5) is 11.5 Å². The molecule has 2 heterocycles. The minimum Gasteiger partial charge on any atom is -0.399 e. The Morgan fingerprint density at radius 1 is 0.947 bits per heavy atom. The lowest BCUT2D eigenvalue weighted by molar-refractivity contribution is 0.554. The third-order valence-corrected chi connectivity index (χ3v) is 3.79. The molecule has 1 fully saturated rings. The van der Waals surface area contributed by atoms with Crippen molar-refractivity contribution >= 4 is 22.4 Å². The first kappa shape index (κ1) is 12.2. The fourth-order valence-electron chi connectivity index (χ4n) is 2.77. The molecule has 1 saturated heterocycles. The van der Waals surface area contributed by atoms with Crippen molar-refractivity contribution in [3.8, 4) is 0 Å². The van der Waals surface area contributed by atoms with Crippen molar-refractivity contribution in [1.29, 1.82) is 0 Å². The number of fused-ring (bicyclic) bond motifs is 1. The predicted molar refractivity (Wildman–Crippen MR) is 79.2 cm³/mol. The summed E-state index contributed by atoms with van der Waals surface area (Å²) in [6, 6.07) is 5.86. The van der Waals surface area contributed by atoms with Crippen LogP contribution >= 0.6 is 0 Å². The van der Waals surface area contributed by atoms with Gasteiger partial charge in [-0.3, -0.25) is 0 Å². The highest BCUT2D eigenvalue weighted by molar-refractivity contribution is 5.91. The molecule has 2 N–H and O–H groups in total. The van der Waals surface area contributed by atoms with Crippen molar-refractivity contribution in [2.75, 3.05) is 23.7 Å². The monoisotopic (exact) mass is 256 g/mol. The van der Waals surface area contributed by atoms with E-state index in [9.17, 15) is 0 Å². The van der Waals surface area contributed by atoms with Gasteiger partial charge in [0.05, 0.1) is 5.52 Å². The summed E-state index contributed by atoms with van der Waals surface area (Å²) < 4.78 is 0. The van der Waals surface area contributed by atoms with Crippen LogP contribution in [0.5, 0.6) is 0 Å². The molecule has 0 amide bonds. The van der Waals surface area contributed by atoms with Gasteiger partial charge in [0.25, 0.3) is 0 Å². The van der Waals surface area contributed by atoms with E-state index in [2.05, 4.69) is 14.9 Å². The lowest BCUT2D eigenvalue weighted by atomic mass is 10.1. The molecule has 0 bridgehead atoms. The number of aromatic nitrogens is 2. The third kappa shape index (κ3) is 2.62. The summed E-state index contributed by atoms with van der Waals surface area (Å²) in [5.41, 5.74) is 7.65. The van der Waals surface area contributed by atoms with E-state index in [1.807, 2.05) is 18.2 Å². The Morgan fingerprint density at radius 3 is 2.47 bits per heavy atom. The normalized spacial score (nSPS) is 17.2. The van der Waals surface area contributed by atoms with Crippen molar-refractivity contribution in [2.45, 2.75) is 32.1 Å². The van der Waals surface area contributed by atoms with Gasteiger partial charge >= 0.3 is 0 Å². The van der Waals surface area contributed by atoms with Crippen LogP contribution < -0.4 is 10.6 Å². The molecule has 3 rings (SSSR count). The molecule has 1 aromatic carbocycles. The zero-order valence-corrected chi connectivity index (χ0v) is 11.2. The summed E-state index contributed by atoms with van der Waals surface area (Å²) in [5.74, 6) is 1.04. The number of nitrogens with two attached hydrogens (primary N) is 1. The first-order valence-electron chi connectivity index (χ1n) is 7.10. The highest BCUT2D eigenvalue weighted by Gasteiger charge is 2.13. The van der Waals surface area contributed by atoms with Gasteiger partial charge in [-0.15, -0.1) is 0 Å². The molecule has 0 atom stereocenters. The Kier molecular flexibility index (Phi) is 3.49. The van der Waals surface area contributed by atoms with Gasteiger partial charge in [-0.2, -0.15) is 0 Å². The van der Waals surface area contributed by atoms with Gasteiger partial charge in [0.1, 0.15) is 12.1 Å². The molecule has 2 aromatic rings. The van der Waals surface area contributed by atoms with Gasteiger partial charge in [-0.1, -0.05) is 19.3 Å². The van der Waals surface area contributed by atoms with Crippen LogP contribution in [0.1, 0.15) is 32.1 Å². The van der Waals surface area contributed by atoms with Crippen LogP contribution in [0.2, 0.25) is 0 Å². The van der Waals surface area contributed by atoms with Crippen LogP contribution in [0, 0.1) is 0 Å². The lowest BCUT2D eigenvalue weighted by Crippen LogP contribution is -2.28. The molecular formula is C15H20N4. The zero-order chi connectivity index (χ0) is 13.1. The maximum absolute atomic E-state index is 5.90. The fourth-order valence-corrected chi connectivity index (χ4v) is 2.77. The molecule has 0 saturated carbocycles. The average molecular weight is 256 g/mol. The smallest absolute Gasteiger partial charge is 0.139 e. The predicted octanol–water partition coefficient (Wildman–Crippen LogP) is 2.98. The maximum atomic E-state index is 5.90. The van der Waals surface area contributed by atoms with E-state index >= 15 is 0 Å². The Labute approximate surface area is 113 Å². The highest BCUT2D eigenvalue weighted by Crippen LogP contribution is 2.26. The second kappa shape index (κ2) is 5.43. The number of hydrogen-bond acceptors (Lipinski definition) is 4. The van der Waals surface area contributed by atoms with E-state index in [1.165, 1.54) is 32.1 Å². The number of benzene rings is 1. The maximum Gasteiger partial charge on any atom is 0.139 e.